The predicted molar refractivity (Wildman–Crippen MR) is 108 cm³/mol. The van der Waals surface area contributed by atoms with E-state index < -0.39 is 12.1 Å². The fourth-order valence-electron chi connectivity index (χ4n) is 2.83. The Balaban J connectivity index is 1.82. The van der Waals surface area contributed by atoms with E-state index in [1.807, 2.05) is 44.2 Å². The van der Waals surface area contributed by atoms with Gasteiger partial charge in [-0.2, -0.15) is 0 Å². The lowest BCUT2D eigenvalue weighted by atomic mass is 10.0. The fourth-order valence-corrected chi connectivity index (χ4v) is 2.83. The molecule has 0 aliphatic carbocycles. The molecule has 0 fully saturated rings. The van der Waals surface area contributed by atoms with Crippen LogP contribution in [0, 0.1) is 5.82 Å². The number of halogens is 1. The average Bonchev–Trinajstić information content (AvgIpc) is 2.71. The Morgan fingerprint density at radius 2 is 1.68 bits per heavy atom. The Hall–Kier alpha value is -2.89. The molecule has 2 atom stereocenters. The van der Waals surface area contributed by atoms with E-state index in [-0.39, 0.29) is 24.2 Å². The number of hydrogen-bond donors (Lipinski definition) is 3. The van der Waals surface area contributed by atoms with Gasteiger partial charge < -0.3 is 16.0 Å². The highest BCUT2D eigenvalue weighted by Crippen LogP contribution is 2.13. The molecular formula is C22H28FN3O2. The number of amides is 3. The van der Waals surface area contributed by atoms with Crippen LogP contribution < -0.4 is 16.0 Å². The van der Waals surface area contributed by atoms with Crippen molar-refractivity contribution in [1.29, 1.82) is 0 Å². The lowest BCUT2D eigenvalue weighted by Gasteiger charge is -2.20. The number of nitrogens with one attached hydrogen (secondary N) is 3. The van der Waals surface area contributed by atoms with Gasteiger partial charge in [-0.25, -0.2) is 9.18 Å². The van der Waals surface area contributed by atoms with Gasteiger partial charge in [-0.05, 0) is 35.6 Å². The molecule has 0 aliphatic rings. The van der Waals surface area contributed by atoms with Crippen LogP contribution in [0.25, 0.3) is 0 Å². The SMILES string of the molecule is CCC[C@@H](NC(=O)NCc1ccc(F)cc1)C(=O)NC[C@@H](C)c1ccccc1. The van der Waals surface area contributed by atoms with Crippen LogP contribution in [0.2, 0.25) is 0 Å². The monoisotopic (exact) mass is 385 g/mol. The topological polar surface area (TPSA) is 70.2 Å². The Labute approximate surface area is 165 Å². The van der Waals surface area contributed by atoms with Crippen LogP contribution in [0.15, 0.2) is 54.6 Å². The molecule has 0 aliphatic heterocycles. The van der Waals surface area contributed by atoms with Gasteiger partial charge in [-0.1, -0.05) is 62.7 Å². The maximum absolute atomic E-state index is 12.9. The molecule has 0 radical (unpaired) electrons. The van der Waals surface area contributed by atoms with Gasteiger partial charge in [-0.15, -0.1) is 0 Å². The summed E-state index contributed by atoms with van der Waals surface area (Å²) in [5.41, 5.74) is 1.93. The number of rotatable bonds is 9. The first-order valence-electron chi connectivity index (χ1n) is 9.61. The second-order valence-electron chi connectivity index (χ2n) is 6.85. The molecule has 150 valence electrons. The van der Waals surface area contributed by atoms with Crippen LogP contribution in [0.3, 0.4) is 0 Å². The van der Waals surface area contributed by atoms with Crippen molar-refractivity contribution in [2.45, 2.75) is 45.2 Å². The molecule has 2 aromatic rings. The molecular weight excluding hydrogens is 357 g/mol. The van der Waals surface area contributed by atoms with E-state index in [1.165, 1.54) is 12.1 Å². The van der Waals surface area contributed by atoms with Gasteiger partial charge >= 0.3 is 6.03 Å². The Bertz CT molecular complexity index is 750. The van der Waals surface area contributed by atoms with Crippen LogP contribution in [0.4, 0.5) is 9.18 Å². The van der Waals surface area contributed by atoms with Gasteiger partial charge in [0.15, 0.2) is 0 Å². The minimum Gasteiger partial charge on any atom is -0.354 e. The van der Waals surface area contributed by atoms with Crippen molar-refractivity contribution in [3.63, 3.8) is 0 Å². The predicted octanol–water partition coefficient (Wildman–Crippen LogP) is 3.71. The highest BCUT2D eigenvalue weighted by atomic mass is 19.1. The Kier molecular flexibility index (Phi) is 8.46. The van der Waals surface area contributed by atoms with Crippen molar-refractivity contribution in [2.24, 2.45) is 0 Å². The molecule has 0 spiro atoms. The average molecular weight is 385 g/mol. The number of hydrogen-bond acceptors (Lipinski definition) is 2. The van der Waals surface area contributed by atoms with Gasteiger partial charge in [0.2, 0.25) is 5.91 Å². The van der Waals surface area contributed by atoms with E-state index in [0.29, 0.717) is 13.0 Å². The van der Waals surface area contributed by atoms with Gasteiger partial charge in [0.1, 0.15) is 11.9 Å². The molecule has 28 heavy (non-hydrogen) atoms. The van der Waals surface area contributed by atoms with Crippen molar-refractivity contribution in [1.82, 2.24) is 16.0 Å². The first-order chi connectivity index (χ1) is 13.5. The quantitative estimate of drug-likeness (QED) is 0.616. The van der Waals surface area contributed by atoms with Crippen molar-refractivity contribution in [2.75, 3.05) is 6.54 Å². The maximum Gasteiger partial charge on any atom is 0.315 e. The molecule has 2 aromatic carbocycles. The summed E-state index contributed by atoms with van der Waals surface area (Å²) in [6.45, 7) is 4.78. The van der Waals surface area contributed by atoms with Gasteiger partial charge in [-0.3, -0.25) is 4.79 Å². The normalized spacial score (nSPS) is 12.7. The van der Waals surface area contributed by atoms with Crippen molar-refractivity contribution in [3.05, 3.63) is 71.5 Å². The zero-order valence-corrected chi connectivity index (χ0v) is 16.4. The molecule has 0 heterocycles. The highest BCUT2D eigenvalue weighted by molar-refractivity contribution is 5.87. The van der Waals surface area contributed by atoms with Gasteiger partial charge in [0.05, 0.1) is 0 Å². The molecule has 2 rings (SSSR count). The third-order valence-electron chi connectivity index (χ3n) is 4.52. The molecule has 0 aromatic heterocycles. The summed E-state index contributed by atoms with van der Waals surface area (Å²) in [4.78, 5) is 24.7. The number of carbonyl (C=O) groups is 2. The van der Waals surface area contributed by atoms with Gasteiger partial charge in [0.25, 0.3) is 0 Å². The Morgan fingerprint density at radius 3 is 2.32 bits per heavy atom. The second kappa shape index (κ2) is 11.1. The first-order valence-corrected chi connectivity index (χ1v) is 9.61. The molecule has 5 nitrogen and oxygen atoms in total. The first kappa shape index (κ1) is 21.4. The second-order valence-corrected chi connectivity index (χ2v) is 6.85. The summed E-state index contributed by atoms with van der Waals surface area (Å²) in [6, 6.07) is 14.8. The molecule has 6 heteroatoms. The lowest BCUT2D eigenvalue weighted by Crippen LogP contribution is -2.50. The highest BCUT2D eigenvalue weighted by Gasteiger charge is 2.20. The Morgan fingerprint density at radius 1 is 1.00 bits per heavy atom. The molecule has 0 unspecified atom stereocenters. The van der Waals surface area contributed by atoms with Crippen molar-refractivity contribution in [3.8, 4) is 0 Å². The minimum atomic E-state index is -0.596. The van der Waals surface area contributed by atoms with E-state index in [1.54, 1.807) is 12.1 Å². The summed E-state index contributed by atoms with van der Waals surface area (Å²) in [6.07, 6.45) is 1.32. The molecule has 3 N–H and O–H groups in total. The van der Waals surface area contributed by atoms with E-state index >= 15 is 0 Å². The minimum absolute atomic E-state index is 0.180. The zero-order valence-electron chi connectivity index (χ0n) is 16.4. The number of urea groups is 1. The molecule has 3 amide bonds. The van der Waals surface area contributed by atoms with E-state index in [9.17, 15) is 14.0 Å². The van der Waals surface area contributed by atoms with E-state index in [0.717, 1.165) is 17.5 Å². The standard InChI is InChI=1S/C22H28FN3O2/c1-3-7-20(21(27)24-14-16(2)18-8-5-4-6-9-18)26-22(28)25-15-17-10-12-19(23)13-11-17/h4-6,8-13,16,20H,3,7,14-15H2,1-2H3,(H,24,27)(H2,25,26,28)/t16-,20-/m1/s1. The summed E-state index contributed by atoms with van der Waals surface area (Å²) < 4.78 is 12.9. The molecule has 0 saturated heterocycles. The summed E-state index contributed by atoms with van der Waals surface area (Å²) in [5, 5.41) is 8.36. The fraction of sp³-hybridized carbons (Fsp3) is 0.364. The lowest BCUT2D eigenvalue weighted by molar-refractivity contribution is -0.123. The zero-order chi connectivity index (χ0) is 20.4. The van der Waals surface area contributed by atoms with Crippen LogP contribution in [0.1, 0.15) is 43.7 Å². The summed E-state index contributed by atoms with van der Waals surface area (Å²) >= 11 is 0. The molecule has 0 bridgehead atoms. The van der Waals surface area contributed by atoms with E-state index in [4.69, 9.17) is 0 Å². The maximum atomic E-state index is 12.9. The summed E-state index contributed by atoms with van der Waals surface area (Å²) in [7, 11) is 0. The summed E-state index contributed by atoms with van der Waals surface area (Å²) in [5.74, 6) is -0.334. The van der Waals surface area contributed by atoms with Crippen molar-refractivity contribution < 1.29 is 14.0 Å². The third-order valence-corrected chi connectivity index (χ3v) is 4.52. The molecule has 0 saturated carbocycles. The van der Waals surface area contributed by atoms with Crippen LogP contribution in [-0.2, 0) is 11.3 Å². The number of carbonyl (C=O) groups excluding carboxylic acids is 2. The van der Waals surface area contributed by atoms with Crippen molar-refractivity contribution >= 4 is 11.9 Å². The van der Waals surface area contributed by atoms with Crippen LogP contribution in [0.5, 0.6) is 0 Å². The largest absolute Gasteiger partial charge is 0.354 e. The third kappa shape index (κ3) is 7.02. The van der Waals surface area contributed by atoms with E-state index in [2.05, 4.69) is 16.0 Å². The number of benzene rings is 2. The van der Waals surface area contributed by atoms with Gasteiger partial charge in [0, 0.05) is 13.1 Å². The van der Waals surface area contributed by atoms with Crippen LogP contribution in [-0.4, -0.2) is 24.5 Å². The smallest absolute Gasteiger partial charge is 0.315 e. The van der Waals surface area contributed by atoms with Crippen LogP contribution >= 0.6 is 0 Å².